The van der Waals surface area contributed by atoms with Crippen LogP contribution in [0.2, 0.25) is 0 Å². The van der Waals surface area contributed by atoms with Gasteiger partial charge in [-0.05, 0) is 249 Å². The van der Waals surface area contributed by atoms with Crippen LogP contribution in [-0.4, -0.2) is 26.4 Å². The molecule has 450 valence electrons. The molecule has 19 rings (SSSR count). The summed E-state index contributed by atoms with van der Waals surface area (Å²) < 4.78 is 17.8. The Kier molecular flexibility index (Phi) is 12.4. The van der Waals surface area contributed by atoms with Crippen LogP contribution in [0.4, 0.5) is 62.6 Å². The Balaban J connectivity index is 0.888. The Morgan fingerprint density at radius 3 is 1.02 bits per heavy atom. The van der Waals surface area contributed by atoms with Crippen molar-refractivity contribution < 1.29 is 9.47 Å². The topological polar surface area (TPSA) is 31.4 Å². The van der Waals surface area contributed by atoms with E-state index < -0.39 is 0 Å². The molecular weight excluding hydrogens is 1170 g/mol. The van der Waals surface area contributed by atoms with Crippen LogP contribution in [0.1, 0.15) is 33.4 Å². The number of benzene rings is 13. The SMILES string of the molecule is CSN1c2cc3c(cc2B2c4ccccc4N(c4ccccc4)c4cc(-c5c(C)cccc5C)cc1c42)B1c2cc4c(cc2Oc2cc(-c5c(C)cccc5C)cc(c21)O3)N(c1ccccc1)c1cc(-c2c(C)cccc2C)cc2c1B4c1ccccc1N2c1ccccc1. The molecule has 10 heteroatoms. The molecule has 0 radical (unpaired) electrons. The van der Waals surface area contributed by atoms with Gasteiger partial charge in [-0.1, -0.05) is 158 Å². The second-order valence-electron chi connectivity index (χ2n) is 26.6. The maximum atomic E-state index is 7.69. The highest BCUT2D eigenvalue weighted by Crippen LogP contribution is 2.51. The van der Waals surface area contributed by atoms with Gasteiger partial charge in [0.25, 0.3) is 20.1 Å². The first-order valence-corrected chi connectivity index (χ1v) is 34.3. The van der Waals surface area contributed by atoms with Gasteiger partial charge in [0.15, 0.2) is 0 Å². The molecule has 6 nitrogen and oxygen atoms in total. The highest BCUT2D eigenvalue weighted by molar-refractivity contribution is 8.00. The first kappa shape index (κ1) is 55.8. The Morgan fingerprint density at radius 1 is 0.263 bits per heavy atom. The smallest absolute Gasteiger partial charge is 0.260 e. The van der Waals surface area contributed by atoms with E-state index in [0.717, 1.165) is 79.1 Å². The van der Waals surface area contributed by atoms with E-state index >= 15 is 0 Å². The minimum Gasteiger partial charge on any atom is -0.458 e. The standard InChI is InChI=1S/C85H63B3N4O2S/c1-50-24-21-25-51(2)80(50)56-40-72-83-73(41-56)91(61-34-15-10-16-35-61)70-48-76-66(46-64(70)86(83)62-36-17-19-38-68(62)89(72)59-30-11-8-12-31-59)88-67-47-65-71(49-77(67)94-79-45-58(44-78(93-76)85(79)88)82-54(5)28-23-29-55(82)6)92(95-7)75-43-57(81-52(3)26-22-27-53(81)4)42-74-84(75)87(65)63-37-18-20-39-69(63)90(74)60-32-13-9-14-33-60/h8-49H,1-7H3. The molecule has 0 atom stereocenters. The van der Waals surface area contributed by atoms with Crippen LogP contribution in [0.25, 0.3) is 33.4 Å². The summed E-state index contributed by atoms with van der Waals surface area (Å²) in [7, 11) is 0. The van der Waals surface area contributed by atoms with E-state index in [1.54, 1.807) is 11.9 Å². The van der Waals surface area contributed by atoms with Crippen molar-refractivity contribution in [3.63, 3.8) is 0 Å². The van der Waals surface area contributed by atoms with Crippen molar-refractivity contribution in [1.82, 2.24) is 0 Å². The molecule has 95 heavy (non-hydrogen) atoms. The van der Waals surface area contributed by atoms with E-state index in [1.165, 1.54) is 122 Å². The number of rotatable bonds is 7. The molecule has 0 N–H and O–H groups in total. The van der Waals surface area contributed by atoms with Crippen molar-refractivity contribution in [1.29, 1.82) is 0 Å². The van der Waals surface area contributed by atoms with E-state index in [0.29, 0.717) is 0 Å². The van der Waals surface area contributed by atoms with Crippen molar-refractivity contribution in [2.45, 2.75) is 41.5 Å². The minimum absolute atomic E-state index is 0.115. The summed E-state index contributed by atoms with van der Waals surface area (Å²) in [6.45, 7) is 12.9. The van der Waals surface area contributed by atoms with Crippen LogP contribution in [0.5, 0.6) is 23.0 Å². The molecule has 0 saturated carbocycles. The molecule has 6 heterocycles. The monoisotopic (exact) mass is 1240 g/mol. The summed E-state index contributed by atoms with van der Waals surface area (Å²) in [6, 6.07) is 95.4. The van der Waals surface area contributed by atoms with Crippen molar-refractivity contribution in [2.75, 3.05) is 25.3 Å². The first-order valence-electron chi connectivity index (χ1n) is 33.1. The molecule has 6 aliphatic heterocycles. The van der Waals surface area contributed by atoms with Crippen LogP contribution in [0, 0.1) is 41.5 Å². The molecular formula is C85H63B3N4O2S. The summed E-state index contributed by atoms with van der Waals surface area (Å²) in [6.07, 6.45) is 2.22. The fraction of sp³-hybridized carbons (Fsp3) is 0.0824. The van der Waals surface area contributed by atoms with Gasteiger partial charge in [0.05, 0.1) is 11.4 Å². The molecule has 0 aromatic heterocycles. The number of ether oxygens (including phenoxy) is 2. The van der Waals surface area contributed by atoms with E-state index in [1.807, 2.05) is 0 Å². The molecule has 0 aliphatic carbocycles. The van der Waals surface area contributed by atoms with Gasteiger partial charge < -0.3 is 24.2 Å². The van der Waals surface area contributed by atoms with Crippen LogP contribution < -0.4 is 77.6 Å². The lowest BCUT2D eigenvalue weighted by Crippen LogP contribution is -2.65. The molecule has 0 amide bonds. The van der Waals surface area contributed by atoms with Gasteiger partial charge in [0.1, 0.15) is 23.0 Å². The quantitative estimate of drug-likeness (QED) is 0.116. The summed E-state index contributed by atoms with van der Waals surface area (Å²) in [5.41, 5.74) is 37.9. The van der Waals surface area contributed by atoms with E-state index in [2.05, 4.69) is 322 Å². The number of para-hydroxylation sites is 5. The van der Waals surface area contributed by atoms with Crippen LogP contribution in [0.3, 0.4) is 0 Å². The molecule has 0 bridgehead atoms. The normalized spacial score (nSPS) is 13.7. The number of anilines is 11. The third-order valence-corrected chi connectivity index (χ3v) is 21.9. The molecule has 13 aromatic rings. The Labute approximate surface area is 561 Å². The Hall–Kier alpha value is -10.8. The lowest BCUT2D eigenvalue weighted by atomic mass is 9.29. The third kappa shape index (κ3) is 8.17. The average molecular weight is 1240 g/mol. The lowest BCUT2D eigenvalue weighted by Gasteiger charge is -2.45. The van der Waals surface area contributed by atoms with Crippen molar-refractivity contribution >= 4 is 144 Å². The molecule has 0 unspecified atom stereocenters. The van der Waals surface area contributed by atoms with E-state index in [4.69, 9.17) is 9.47 Å². The second kappa shape index (κ2) is 21.1. The molecule has 6 aliphatic rings. The van der Waals surface area contributed by atoms with Crippen molar-refractivity contribution in [3.8, 4) is 56.4 Å². The summed E-state index contributed by atoms with van der Waals surface area (Å²) in [5, 5.41) is 0. The van der Waals surface area contributed by atoms with E-state index in [9.17, 15) is 0 Å². The van der Waals surface area contributed by atoms with Crippen LogP contribution in [0.15, 0.2) is 255 Å². The van der Waals surface area contributed by atoms with Crippen molar-refractivity contribution in [2.24, 2.45) is 0 Å². The van der Waals surface area contributed by atoms with Gasteiger partial charge in [0.2, 0.25) is 0 Å². The average Bonchev–Trinajstić information content (AvgIpc) is 0.695. The van der Waals surface area contributed by atoms with Gasteiger partial charge in [-0.15, -0.1) is 0 Å². The molecule has 0 spiro atoms. The van der Waals surface area contributed by atoms with Crippen LogP contribution in [-0.2, 0) is 0 Å². The third-order valence-electron chi connectivity index (χ3n) is 21.2. The summed E-state index contributed by atoms with van der Waals surface area (Å²) in [5.74, 6) is 3.30. The fourth-order valence-electron chi connectivity index (χ4n) is 17.3. The van der Waals surface area contributed by atoms with Gasteiger partial charge >= 0.3 is 0 Å². The van der Waals surface area contributed by atoms with Gasteiger partial charge in [0, 0.05) is 75.0 Å². The maximum Gasteiger partial charge on any atom is 0.260 e. The van der Waals surface area contributed by atoms with Gasteiger partial charge in [-0.25, -0.2) is 0 Å². The zero-order valence-electron chi connectivity index (χ0n) is 54.0. The fourth-order valence-corrected chi connectivity index (χ4v) is 18.1. The molecule has 13 aromatic carbocycles. The first-order chi connectivity index (χ1) is 46.6. The Bertz CT molecular complexity index is 5390. The van der Waals surface area contributed by atoms with Gasteiger partial charge in [-0.2, -0.15) is 0 Å². The highest BCUT2D eigenvalue weighted by Gasteiger charge is 2.50. The lowest BCUT2D eigenvalue weighted by molar-refractivity contribution is 0.465. The van der Waals surface area contributed by atoms with Gasteiger partial charge in [-0.3, -0.25) is 4.31 Å². The Morgan fingerprint density at radius 2 is 0.600 bits per heavy atom. The largest absolute Gasteiger partial charge is 0.458 e. The number of nitrogens with zero attached hydrogens (tertiary/aromatic N) is 4. The van der Waals surface area contributed by atoms with E-state index in [-0.39, 0.29) is 20.1 Å². The molecule has 0 saturated heterocycles. The number of aryl methyl sites for hydroxylation is 6. The minimum atomic E-state index is -0.276. The number of hydrogen-bond acceptors (Lipinski definition) is 7. The van der Waals surface area contributed by atoms with Crippen molar-refractivity contribution in [3.05, 3.63) is 288 Å². The predicted octanol–water partition coefficient (Wildman–Crippen LogP) is 16.4. The predicted molar refractivity (Wildman–Crippen MR) is 404 cm³/mol. The summed E-state index contributed by atoms with van der Waals surface area (Å²) >= 11 is 1.76. The zero-order chi connectivity index (χ0) is 63.6. The zero-order valence-corrected chi connectivity index (χ0v) is 54.8. The number of fused-ring (bicyclic) bond motifs is 12. The van der Waals surface area contributed by atoms with Crippen LogP contribution >= 0.6 is 11.9 Å². The summed E-state index contributed by atoms with van der Waals surface area (Å²) in [4.78, 5) is 7.55. The highest BCUT2D eigenvalue weighted by atomic mass is 32.2. The maximum absolute atomic E-state index is 7.69. The number of hydrogen-bond donors (Lipinski definition) is 0. The molecule has 0 fully saturated rings. The second-order valence-corrected chi connectivity index (χ2v) is 27.3.